The van der Waals surface area contributed by atoms with Gasteiger partial charge < -0.3 is 5.11 Å². The third-order valence-electron chi connectivity index (χ3n) is 3.35. The second kappa shape index (κ2) is 8.55. The van der Waals surface area contributed by atoms with Crippen LogP contribution in [0.2, 0.25) is 0 Å². The highest BCUT2D eigenvalue weighted by Crippen LogP contribution is 2.11. The van der Waals surface area contributed by atoms with Crippen molar-refractivity contribution < 1.29 is 9.50 Å². The molecule has 0 unspecified atom stereocenters. The average molecular weight is 286 g/mol. The highest BCUT2D eigenvalue weighted by Gasteiger charge is 2.12. The van der Waals surface area contributed by atoms with E-state index in [1.54, 1.807) is 0 Å². The number of hydrogen-bond acceptors (Lipinski definition) is 3. The second-order valence-electron chi connectivity index (χ2n) is 5.02. The van der Waals surface area contributed by atoms with Gasteiger partial charge >= 0.3 is 5.69 Å². The van der Waals surface area contributed by atoms with Crippen LogP contribution in [0.4, 0.5) is 4.39 Å². The van der Waals surface area contributed by atoms with Gasteiger partial charge in [0.15, 0.2) is 0 Å². The summed E-state index contributed by atoms with van der Waals surface area (Å²) in [6.45, 7) is 2.39. The van der Waals surface area contributed by atoms with E-state index in [0.29, 0.717) is 6.42 Å². The van der Waals surface area contributed by atoms with Crippen molar-refractivity contribution in [2.75, 3.05) is 0 Å². The van der Waals surface area contributed by atoms with Crippen LogP contribution >= 0.6 is 0 Å². The van der Waals surface area contributed by atoms with Gasteiger partial charge in [-0.05, 0) is 6.42 Å². The smallest absolute Gasteiger partial charge is 0.331 e. The molecule has 0 aliphatic heterocycles. The molecule has 5 nitrogen and oxygen atoms in total. The van der Waals surface area contributed by atoms with E-state index in [0.717, 1.165) is 23.8 Å². The van der Waals surface area contributed by atoms with E-state index < -0.39 is 22.9 Å². The number of hydrogen-bond donors (Lipinski definition) is 2. The summed E-state index contributed by atoms with van der Waals surface area (Å²) in [7, 11) is 0. The molecule has 0 aliphatic rings. The van der Waals surface area contributed by atoms with Gasteiger partial charge in [-0.25, -0.2) is 4.79 Å². The number of nitrogens with zero attached hydrogens (tertiary/aromatic N) is 1. The number of H-pyrrole nitrogens is 1. The Hall–Kier alpha value is -1.59. The summed E-state index contributed by atoms with van der Waals surface area (Å²) in [5.41, 5.74) is -1.95. The lowest BCUT2D eigenvalue weighted by atomic mass is 10.1. The van der Waals surface area contributed by atoms with Crippen molar-refractivity contribution in [2.24, 2.45) is 0 Å². The molecule has 0 radical (unpaired) electrons. The van der Waals surface area contributed by atoms with Crippen LogP contribution in [0.1, 0.15) is 58.3 Å². The third-order valence-corrected chi connectivity index (χ3v) is 3.35. The summed E-state index contributed by atoms with van der Waals surface area (Å²) < 4.78 is 14.0. The topological polar surface area (TPSA) is 75.1 Å². The molecule has 0 bridgehead atoms. The van der Waals surface area contributed by atoms with Crippen LogP contribution in [0.25, 0.3) is 0 Å². The van der Waals surface area contributed by atoms with Crippen LogP contribution in [-0.2, 0) is 6.54 Å². The number of aromatic amines is 1. The lowest BCUT2D eigenvalue weighted by Gasteiger charge is -2.07. The normalized spacial score (nSPS) is 10.9. The molecule has 114 valence electrons. The second-order valence-corrected chi connectivity index (χ2v) is 5.02. The van der Waals surface area contributed by atoms with Crippen molar-refractivity contribution in [1.82, 2.24) is 9.55 Å². The Morgan fingerprint density at radius 2 is 1.60 bits per heavy atom. The standard InChI is InChI=1S/C14H23FN2O3/c1-2-3-4-5-6-7-8-9-10-17-13(19)11(15)12(18)16-14(17)20/h19H,2-10H2,1H3,(H,16,18,20). The van der Waals surface area contributed by atoms with Gasteiger partial charge in [0.05, 0.1) is 0 Å². The zero-order valence-electron chi connectivity index (χ0n) is 12.0. The van der Waals surface area contributed by atoms with Gasteiger partial charge in [-0.1, -0.05) is 51.9 Å². The number of halogens is 1. The quantitative estimate of drug-likeness (QED) is 0.685. The van der Waals surface area contributed by atoms with E-state index in [2.05, 4.69) is 6.92 Å². The third kappa shape index (κ3) is 4.83. The minimum Gasteiger partial charge on any atom is -0.492 e. The Bertz CT molecular complexity index is 522. The van der Waals surface area contributed by atoms with Crippen molar-refractivity contribution in [3.05, 3.63) is 26.7 Å². The predicted molar refractivity (Wildman–Crippen MR) is 75.6 cm³/mol. The maximum absolute atomic E-state index is 13.2. The first-order valence-corrected chi connectivity index (χ1v) is 7.29. The van der Waals surface area contributed by atoms with Crippen LogP contribution in [0.3, 0.4) is 0 Å². The molecule has 1 aromatic rings. The zero-order valence-corrected chi connectivity index (χ0v) is 12.0. The van der Waals surface area contributed by atoms with Crippen LogP contribution < -0.4 is 11.2 Å². The average Bonchev–Trinajstić information content (AvgIpc) is 2.42. The zero-order chi connectivity index (χ0) is 15.0. The number of aromatic nitrogens is 2. The SMILES string of the molecule is CCCCCCCCCCn1c(O)c(F)c(=O)[nH]c1=O. The number of nitrogens with one attached hydrogen (secondary N) is 1. The van der Waals surface area contributed by atoms with Crippen molar-refractivity contribution in [1.29, 1.82) is 0 Å². The predicted octanol–water partition coefficient (Wildman–Crippen LogP) is 2.52. The minimum absolute atomic E-state index is 0.216. The fourth-order valence-corrected chi connectivity index (χ4v) is 2.15. The molecule has 0 saturated carbocycles. The van der Waals surface area contributed by atoms with Crippen LogP contribution in [-0.4, -0.2) is 14.7 Å². The monoisotopic (exact) mass is 286 g/mol. The highest BCUT2D eigenvalue weighted by atomic mass is 19.1. The summed E-state index contributed by atoms with van der Waals surface area (Å²) in [5, 5.41) is 9.43. The summed E-state index contributed by atoms with van der Waals surface area (Å²) in [5.74, 6) is -2.18. The molecule has 0 fully saturated rings. The Morgan fingerprint density at radius 1 is 1.05 bits per heavy atom. The van der Waals surface area contributed by atoms with E-state index in [9.17, 15) is 19.1 Å². The minimum atomic E-state index is -1.30. The lowest BCUT2D eigenvalue weighted by molar-refractivity contribution is 0.355. The molecule has 0 aromatic carbocycles. The molecule has 0 atom stereocenters. The van der Waals surface area contributed by atoms with E-state index in [1.807, 2.05) is 4.98 Å². The van der Waals surface area contributed by atoms with E-state index in [-0.39, 0.29) is 6.54 Å². The van der Waals surface area contributed by atoms with Crippen molar-refractivity contribution in [2.45, 2.75) is 64.8 Å². The maximum atomic E-state index is 13.2. The molecule has 20 heavy (non-hydrogen) atoms. The summed E-state index contributed by atoms with van der Waals surface area (Å²) in [6, 6.07) is 0. The van der Waals surface area contributed by atoms with Crippen molar-refractivity contribution in [3.8, 4) is 5.88 Å². The van der Waals surface area contributed by atoms with Gasteiger partial charge in [-0.2, -0.15) is 4.39 Å². The largest absolute Gasteiger partial charge is 0.492 e. The van der Waals surface area contributed by atoms with E-state index >= 15 is 0 Å². The van der Waals surface area contributed by atoms with Crippen LogP contribution in [0.15, 0.2) is 9.59 Å². The molecule has 6 heteroatoms. The van der Waals surface area contributed by atoms with Gasteiger partial charge in [-0.3, -0.25) is 14.3 Å². The molecular formula is C14H23FN2O3. The molecular weight excluding hydrogens is 263 g/mol. The van der Waals surface area contributed by atoms with E-state index in [1.165, 1.54) is 25.7 Å². The number of rotatable bonds is 9. The van der Waals surface area contributed by atoms with Crippen LogP contribution in [0.5, 0.6) is 5.88 Å². The number of aromatic hydroxyl groups is 1. The molecule has 0 amide bonds. The molecule has 0 saturated heterocycles. The van der Waals surface area contributed by atoms with Crippen LogP contribution in [0, 0.1) is 5.82 Å². The van der Waals surface area contributed by atoms with E-state index in [4.69, 9.17) is 0 Å². The van der Waals surface area contributed by atoms with Gasteiger partial charge in [0.1, 0.15) is 0 Å². The van der Waals surface area contributed by atoms with Gasteiger partial charge in [-0.15, -0.1) is 0 Å². The molecule has 2 N–H and O–H groups in total. The Labute approximate surface area is 117 Å². The molecule has 1 aromatic heterocycles. The summed E-state index contributed by atoms with van der Waals surface area (Å²) in [4.78, 5) is 24.2. The van der Waals surface area contributed by atoms with Gasteiger partial charge in [0.25, 0.3) is 5.56 Å². The van der Waals surface area contributed by atoms with Crippen molar-refractivity contribution >= 4 is 0 Å². The van der Waals surface area contributed by atoms with Gasteiger partial charge in [0.2, 0.25) is 11.7 Å². The molecule has 1 rings (SSSR count). The maximum Gasteiger partial charge on any atom is 0.331 e. The fourth-order valence-electron chi connectivity index (χ4n) is 2.15. The Morgan fingerprint density at radius 3 is 2.20 bits per heavy atom. The number of unbranched alkanes of at least 4 members (excludes halogenated alkanes) is 7. The Balaban J connectivity index is 2.35. The Kier molecular flexibility index (Phi) is 7.04. The first-order valence-electron chi connectivity index (χ1n) is 7.29. The first kappa shape index (κ1) is 16.5. The highest BCUT2D eigenvalue weighted by molar-refractivity contribution is 5.09. The fraction of sp³-hybridized carbons (Fsp3) is 0.714. The summed E-state index contributed by atoms with van der Waals surface area (Å²) >= 11 is 0. The van der Waals surface area contributed by atoms with Gasteiger partial charge in [0, 0.05) is 6.54 Å². The summed E-state index contributed by atoms with van der Waals surface area (Å²) in [6.07, 6.45) is 8.76. The molecule has 0 aliphatic carbocycles. The molecule has 1 heterocycles. The first-order chi connectivity index (χ1) is 9.57. The van der Waals surface area contributed by atoms with Crippen molar-refractivity contribution in [3.63, 3.8) is 0 Å². The lowest BCUT2D eigenvalue weighted by Crippen LogP contribution is -2.31. The molecule has 0 spiro atoms.